The highest BCUT2D eigenvalue weighted by atomic mass is 16.5. The molecule has 0 bridgehead atoms. The van der Waals surface area contributed by atoms with Gasteiger partial charge in [0.25, 0.3) is 5.91 Å². The molecule has 0 heterocycles. The van der Waals surface area contributed by atoms with Gasteiger partial charge in [-0.2, -0.15) is 0 Å². The van der Waals surface area contributed by atoms with Gasteiger partial charge in [0.15, 0.2) is 5.96 Å². The Morgan fingerprint density at radius 2 is 1.89 bits per heavy atom. The number of carbonyl (C=O) groups excluding carboxylic acids is 1. The minimum absolute atomic E-state index is 0.0472. The molecule has 0 aliphatic heterocycles. The smallest absolute Gasteiger partial charge is 0.251 e. The second kappa shape index (κ2) is 11.0. The Hall–Kier alpha value is -2.86. The van der Waals surface area contributed by atoms with Gasteiger partial charge >= 0.3 is 0 Å². The first kappa shape index (κ1) is 20.5. The fraction of sp³-hybridized carbons (Fsp3) is 0.333. The number of aliphatic imine (C=N–C) groups is 1. The van der Waals surface area contributed by atoms with E-state index in [0.29, 0.717) is 18.7 Å². The van der Waals surface area contributed by atoms with E-state index in [1.54, 1.807) is 21.2 Å². The van der Waals surface area contributed by atoms with E-state index in [0.717, 1.165) is 23.5 Å². The van der Waals surface area contributed by atoms with E-state index in [-0.39, 0.29) is 12.0 Å². The molecular formula is C21H28N4O2. The molecule has 0 aromatic heterocycles. The number of hydrogen-bond acceptors (Lipinski definition) is 3. The Balaban J connectivity index is 1.83. The van der Waals surface area contributed by atoms with Crippen molar-refractivity contribution in [1.82, 2.24) is 16.0 Å². The lowest BCUT2D eigenvalue weighted by molar-refractivity contribution is 0.0963. The lowest BCUT2D eigenvalue weighted by Gasteiger charge is -2.18. The Bertz CT molecular complexity index is 747. The summed E-state index contributed by atoms with van der Waals surface area (Å²) in [6, 6.07) is 17.7. The molecule has 0 fully saturated rings. The fourth-order valence-corrected chi connectivity index (χ4v) is 2.75. The van der Waals surface area contributed by atoms with E-state index in [1.807, 2.05) is 54.6 Å². The summed E-state index contributed by atoms with van der Waals surface area (Å²) in [6.07, 6.45) is 0.742. The lowest BCUT2D eigenvalue weighted by Crippen LogP contribution is -2.40. The molecule has 1 amide bonds. The van der Waals surface area contributed by atoms with E-state index >= 15 is 0 Å². The molecule has 1 atom stereocenters. The van der Waals surface area contributed by atoms with E-state index in [4.69, 9.17) is 4.74 Å². The van der Waals surface area contributed by atoms with E-state index < -0.39 is 0 Å². The molecule has 0 saturated heterocycles. The predicted molar refractivity (Wildman–Crippen MR) is 109 cm³/mol. The molecule has 0 aliphatic carbocycles. The number of benzene rings is 2. The second-order valence-electron chi connectivity index (χ2n) is 6.04. The van der Waals surface area contributed by atoms with Gasteiger partial charge in [0, 0.05) is 39.9 Å². The molecule has 2 aromatic rings. The second-order valence-corrected chi connectivity index (χ2v) is 6.04. The molecule has 6 heteroatoms. The van der Waals surface area contributed by atoms with Gasteiger partial charge in [-0.3, -0.25) is 9.79 Å². The zero-order valence-corrected chi connectivity index (χ0v) is 16.2. The third kappa shape index (κ3) is 6.42. The van der Waals surface area contributed by atoms with Gasteiger partial charge in [-0.05, 0) is 29.7 Å². The number of guanidine groups is 1. The fourth-order valence-electron chi connectivity index (χ4n) is 2.75. The first-order valence-electron chi connectivity index (χ1n) is 9.01. The summed E-state index contributed by atoms with van der Waals surface area (Å²) in [6.45, 7) is 1.33. The van der Waals surface area contributed by atoms with Gasteiger partial charge in [0.2, 0.25) is 0 Å². The number of ether oxygens (including phenoxy) is 1. The van der Waals surface area contributed by atoms with Gasteiger partial charge in [0.05, 0.1) is 6.10 Å². The SMILES string of the molecule is CN=C(NCCc1cccc(C(=O)NC)c1)NCC(OC)c1ccccc1. The summed E-state index contributed by atoms with van der Waals surface area (Å²) in [5.74, 6) is 0.643. The summed E-state index contributed by atoms with van der Waals surface area (Å²) >= 11 is 0. The Labute approximate surface area is 161 Å². The minimum Gasteiger partial charge on any atom is -0.375 e. The van der Waals surface area contributed by atoms with Crippen LogP contribution in [0.15, 0.2) is 59.6 Å². The van der Waals surface area contributed by atoms with Crippen molar-refractivity contribution < 1.29 is 9.53 Å². The van der Waals surface area contributed by atoms with Crippen molar-refractivity contribution in [2.45, 2.75) is 12.5 Å². The van der Waals surface area contributed by atoms with Crippen molar-refractivity contribution >= 4 is 11.9 Å². The first-order valence-corrected chi connectivity index (χ1v) is 9.01. The van der Waals surface area contributed by atoms with E-state index in [1.165, 1.54) is 0 Å². The van der Waals surface area contributed by atoms with Crippen molar-refractivity contribution in [2.75, 3.05) is 34.3 Å². The standard InChI is InChI=1S/C21H28N4O2/c1-22-20(26)18-11-7-8-16(14-18)12-13-24-21(23-2)25-15-19(27-3)17-9-5-4-6-10-17/h4-11,14,19H,12-13,15H2,1-3H3,(H,22,26)(H2,23,24,25). The Morgan fingerprint density at radius 3 is 2.56 bits per heavy atom. The van der Waals surface area contributed by atoms with E-state index in [2.05, 4.69) is 20.9 Å². The van der Waals surface area contributed by atoms with Gasteiger partial charge in [-0.15, -0.1) is 0 Å². The number of carbonyl (C=O) groups is 1. The van der Waals surface area contributed by atoms with Gasteiger partial charge in [-0.1, -0.05) is 42.5 Å². The van der Waals surface area contributed by atoms with Crippen LogP contribution in [0.5, 0.6) is 0 Å². The third-order valence-corrected chi connectivity index (χ3v) is 4.26. The Morgan fingerprint density at radius 1 is 1.11 bits per heavy atom. The van der Waals surface area contributed by atoms with Crippen molar-refractivity contribution in [3.63, 3.8) is 0 Å². The lowest BCUT2D eigenvalue weighted by atomic mass is 10.1. The summed E-state index contributed by atoms with van der Waals surface area (Å²) in [4.78, 5) is 16.0. The van der Waals surface area contributed by atoms with Gasteiger partial charge in [0.1, 0.15) is 0 Å². The third-order valence-electron chi connectivity index (χ3n) is 4.26. The summed E-state index contributed by atoms with van der Waals surface area (Å²) < 4.78 is 5.57. The molecule has 2 aromatic carbocycles. The maximum atomic E-state index is 11.7. The molecule has 144 valence electrons. The maximum Gasteiger partial charge on any atom is 0.251 e. The van der Waals surface area contributed by atoms with Crippen LogP contribution in [0, 0.1) is 0 Å². The molecule has 3 N–H and O–H groups in total. The normalized spacial score (nSPS) is 12.3. The summed E-state index contributed by atoms with van der Waals surface area (Å²) in [7, 11) is 5.08. The van der Waals surface area contributed by atoms with Gasteiger partial charge < -0.3 is 20.7 Å². The number of nitrogens with zero attached hydrogens (tertiary/aromatic N) is 1. The molecule has 27 heavy (non-hydrogen) atoms. The van der Waals surface area contributed by atoms with Crippen LogP contribution in [-0.2, 0) is 11.2 Å². The van der Waals surface area contributed by atoms with Gasteiger partial charge in [-0.25, -0.2) is 0 Å². The van der Waals surface area contributed by atoms with Crippen LogP contribution >= 0.6 is 0 Å². The quantitative estimate of drug-likeness (QED) is 0.493. The highest BCUT2D eigenvalue weighted by molar-refractivity contribution is 5.94. The summed E-state index contributed by atoms with van der Waals surface area (Å²) in [5.41, 5.74) is 2.88. The number of methoxy groups -OCH3 is 1. The Kier molecular flexibility index (Phi) is 8.32. The highest BCUT2D eigenvalue weighted by Crippen LogP contribution is 2.14. The molecule has 2 rings (SSSR count). The minimum atomic E-state index is -0.0752. The predicted octanol–water partition coefficient (Wildman–Crippen LogP) is 2.14. The topological polar surface area (TPSA) is 74.8 Å². The summed E-state index contributed by atoms with van der Waals surface area (Å²) in [5, 5.41) is 9.23. The van der Waals surface area contributed by atoms with Crippen molar-refractivity contribution in [1.29, 1.82) is 0 Å². The molecule has 0 aliphatic rings. The van der Waals surface area contributed by atoms with Crippen LogP contribution < -0.4 is 16.0 Å². The van der Waals surface area contributed by atoms with Crippen LogP contribution in [0.25, 0.3) is 0 Å². The molecular weight excluding hydrogens is 340 g/mol. The average molecular weight is 368 g/mol. The number of nitrogens with one attached hydrogen (secondary N) is 3. The zero-order valence-electron chi connectivity index (χ0n) is 16.2. The molecule has 0 saturated carbocycles. The maximum absolute atomic E-state index is 11.7. The van der Waals surface area contributed by atoms with Crippen LogP contribution in [0.3, 0.4) is 0 Å². The van der Waals surface area contributed by atoms with Crippen molar-refractivity contribution in [3.8, 4) is 0 Å². The number of rotatable bonds is 8. The van der Waals surface area contributed by atoms with Crippen LogP contribution in [0.4, 0.5) is 0 Å². The average Bonchev–Trinajstić information content (AvgIpc) is 2.73. The van der Waals surface area contributed by atoms with Crippen LogP contribution in [0.2, 0.25) is 0 Å². The molecule has 6 nitrogen and oxygen atoms in total. The molecule has 0 spiro atoms. The largest absolute Gasteiger partial charge is 0.375 e. The van der Waals surface area contributed by atoms with Crippen LogP contribution in [0.1, 0.15) is 27.6 Å². The van der Waals surface area contributed by atoms with Crippen molar-refractivity contribution in [3.05, 3.63) is 71.3 Å². The van der Waals surface area contributed by atoms with Crippen LogP contribution in [-0.4, -0.2) is 46.2 Å². The number of hydrogen-bond donors (Lipinski definition) is 3. The monoisotopic (exact) mass is 368 g/mol. The molecule has 1 unspecified atom stereocenters. The molecule has 0 radical (unpaired) electrons. The van der Waals surface area contributed by atoms with E-state index in [9.17, 15) is 4.79 Å². The zero-order chi connectivity index (χ0) is 19.5. The van der Waals surface area contributed by atoms with Crippen molar-refractivity contribution in [2.24, 2.45) is 4.99 Å². The number of amides is 1. The first-order chi connectivity index (χ1) is 13.2. The highest BCUT2D eigenvalue weighted by Gasteiger charge is 2.10.